The minimum Gasteiger partial charge on any atom is -0.375 e. The smallest absolute Gasteiger partial charge is 0.0597 e. The van der Waals surface area contributed by atoms with Crippen molar-refractivity contribution < 1.29 is 4.74 Å². The van der Waals surface area contributed by atoms with Gasteiger partial charge in [0.1, 0.15) is 0 Å². The Kier molecular flexibility index (Phi) is 6.21. The van der Waals surface area contributed by atoms with E-state index in [4.69, 9.17) is 4.74 Å². The predicted octanol–water partition coefficient (Wildman–Crippen LogP) is 3.38. The third kappa shape index (κ3) is 3.82. The lowest BCUT2D eigenvalue weighted by atomic mass is 9.81. The van der Waals surface area contributed by atoms with E-state index in [-0.39, 0.29) is 0 Å². The lowest BCUT2D eigenvalue weighted by Gasteiger charge is -2.29. The van der Waals surface area contributed by atoms with E-state index in [2.05, 4.69) is 39.6 Å². The molecule has 100 valence electrons. The Morgan fingerprint density at radius 1 is 1.29 bits per heavy atom. The van der Waals surface area contributed by atoms with Crippen molar-refractivity contribution in [3.63, 3.8) is 0 Å². The van der Waals surface area contributed by atoms with E-state index in [1.165, 1.54) is 12.8 Å². The zero-order valence-electron chi connectivity index (χ0n) is 11.9. The number of rotatable bonds is 7. The molecule has 5 atom stereocenters. The van der Waals surface area contributed by atoms with Crippen molar-refractivity contribution >= 4 is 0 Å². The first kappa shape index (κ1) is 14.7. The van der Waals surface area contributed by atoms with Gasteiger partial charge in [-0.15, -0.1) is 6.58 Å². The van der Waals surface area contributed by atoms with E-state index in [1.807, 2.05) is 6.08 Å². The Balaban J connectivity index is 2.63. The summed E-state index contributed by atoms with van der Waals surface area (Å²) < 4.78 is 5.96. The maximum Gasteiger partial charge on any atom is 0.0597 e. The van der Waals surface area contributed by atoms with Gasteiger partial charge in [0.15, 0.2) is 0 Å². The summed E-state index contributed by atoms with van der Waals surface area (Å²) in [5.41, 5.74) is 0. The molecule has 1 aliphatic heterocycles. The molecule has 0 spiro atoms. The SMILES string of the molecule is C=CCCC(NCCC)C1C(C)OC(C)C1C. The summed E-state index contributed by atoms with van der Waals surface area (Å²) in [6, 6.07) is 0.572. The summed E-state index contributed by atoms with van der Waals surface area (Å²) in [7, 11) is 0. The second-order valence-corrected chi connectivity index (χ2v) is 5.41. The Labute approximate surface area is 107 Å². The molecular formula is C15H29NO. The van der Waals surface area contributed by atoms with E-state index in [0.717, 1.165) is 13.0 Å². The van der Waals surface area contributed by atoms with Crippen molar-refractivity contribution in [1.82, 2.24) is 5.32 Å². The number of hydrogen-bond donors (Lipinski definition) is 1. The standard InChI is InChI=1S/C15H29NO/c1-6-8-9-14(16-10-7-2)15-11(3)12(4)17-13(15)5/h6,11-16H,1,7-10H2,2-5H3. The van der Waals surface area contributed by atoms with Gasteiger partial charge < -0.3 is 10.1 Å². The molecule has 0 amide bonds. The summed E-state index contributed by atoms with van der Waals surface area (Å²) in [6.07, 6.45) is 6.25. The highest BCUT2D eigenvalue weighted by molar-refractivity contribution is 4.92. The van der Waals surface area contributed by atoms with Gasteiger partial charge in [-0.3, -0.25) is 0 Å². The Bertz CT molecular complexity index is 229. The topological polar surface area (TPSA) is 21.3 Å². The van der Waals surface area contributed by atoms with E-state index in [1.54, 1.807) is 0 Å². The molecule has 0 aromatic rings. The summed E-state index contributed by atoms with van der Waals surface area (Å²) in [5.74, 6) is 1.28. The molecule has 1 fully saturated rings. The van der Waals surface area contributed by atoms with Gasteiger partial charge in [0.2, 0.25) is 0 Å². The average Bonchev–Trinajstić information content (AvgIpc) is 2.55. The zero-order valence-corrected chi connectivity index (χ0v) is 11.9. The highest BCUT2D eigenvalue weighted by Gasteiger charge is 2.40. The fraction of sp³-hybridized carbons (Fsp3) is 0.867. The van der Waals surface area contributed by atoms with Crippen molar-refractivity contribution in [2.75, 3.05) is 6.54 Å². The largest absolute Gasteiger partial charge is 0.375 e. The van der Waals surface area contributed by atoms with Crippen LogP contribution in [0, 0.1) is 11.8 Å². The van der Waals surface area contributed by atoms with Crippen molar-refractivity contribution in [2.45, 2.75) is 65.2 Å². The third-order valence-corrected chi connectivity index (χ3v) is 4.12. The molecule has 2 nitrogen and oxygen atoms in total. The Morgan fingerprint density at radius 3 is 2.47 bits per heavy atom. The Morgan fingerprint density at radius 2 is 2.00 bits per heavy atom. The van der Waals surface area contributed by atoms with Gasteiger partial charge in [-0.1, -0.05) is 19.9 Å². The first-order valence-corrected chi connectivity index (χ1v) is 7.11. The molecule has 0 bridgehead atoms. The highest BCUT2D eigenvalue weighted by atomic mass is 16.5. The van der Waals surface area contributed by atoms with Crippen LogP contribution < -0.4 is 5.32 Å². The van der Waals surface area contributed by atoms with Crippen LogP contribution in [0.25, 0.3) is 0 Å². The van der Waals surface area contributed by atoms with E-state index < -0.39 is 0 Å². The van der Waals surface area contributed by atoms with Crippen LogP contribution in [0.2, 0.25) is 0 Å². The van der Waals surface area contributed by atoms with Crippen molar-refractivity contribution in [2.24, 2.45) is 11.8 Å². The van der Waals surface area contributed by atoms with E-state index >= 15 is 0 Å². The first-order chi connectivity index (χ1) is 8.11. The quantitative estimate of drug-likeness (QED) is 0.688. The van der Waals surface area contributed by atoms with Crippen molar-refractivity contribution in [1.29, 1.82) is 0 Å². The monoisotopic (exact) mass is 239 g/mol. The van der Waals surface area contributed by atoms with Gasteiger partial charge in [0.25, 0.3) is 0 Å². The maximum absolute atomic E-state index is 5.96. The summed E-state index contributed by atoms with van der Waals surface area (Å²) in [4.78, 5) is 0. The molecular weight excluding hydrogens is 210 g/mol. The lowest BCUT2D eigenvalue weighted by molar-refractivity contribution is 0.0472. The van der Waals surface area contributed by atoms with Crippen LogP contribution in [-0.2, 0) is 4.74 Å². The lowest BCUT2D eigenvalue weighted by Crippen LogP contribution is -2.42. The first-order valence-electron chi connectivity index (χ1n) is 7.11. The number of nitrogens with one attached hydrogen (secondary N) is 1. The third-order valence-electron chi connectivity index (χ3n) is 4.12. The van der Waals surface area contributed by atoms with Gasteiger partial charge in [-0.05, 0) is 45.6 Å². The molecule has 1 N–H and O–H groups in total. The zero-order chi connectivity index (χ0) is 12.8. The van der Waals surface area contributed by atoms with Crippen LogP contribution in [0.4, 0.5) is 0 Å². The number of ether oxygens (including phenoxy) is 1. The molecule has 0 saturated carbocycles. The average molecular weight is 239 g/mol. The summed E-state index contributed by atoms with van der Waals surface area (Å²) in [6.45, 7) is 13.9. The normalized spacial score (nSPS) is 34.8. The molecule has 1 saturated heterocycles. The fourth-order valence-corrected chi connectivity index (χ4v) is 3.04. The number of hydrogen-bond acceptors (Lipinski definition) is 2. The van der Waals surface area contributed by atoms with Crippen LogP contribution in [-0.4, -0.2) is 24.8 Å². The molecule has 2 heteroatoms. The molecule has 1 rings (SSSR count). The molecule has 5 unspecified atom stereocenters. The van der Waals surface area contributed by atoms with Crippen LogP contribution in [0.15, 0.2) is 12.7 Å². The highest BCUT2D eigenvalue weighted by Crippen LogP contribution is 2.35. The molecule has 0 aliphatic carbocycles. The second kappa shape index (κ2) is 7.17. The number of allylic oxidation sites excluding steroid dienone is 1. The molecule has 0 aromatic heterocycles. The minimum absolute atomic E-state index is 0.374. The van der Waals surface area contributed by atoms with Crippen LogP contribution in [0.1, 0.15) is 47.0 Å². The minimum atomic E-state index is 0.374. The summed E-state index contributed by atoms with van der Waals surface area (Å²) >= 11 is 0. The van der Waals surface area contributed by atoms with E-state index in [0.29, 0.717) is 30.1 Å². The van der Waals surface area contributed by atoms with Crippen molar-refractivity contribution in [3.8, 4) is 0 Å². The molecule has 0 radical (unpaired) electrons. The fourth-order valence-electron chi connectivity index (χ4n) is 3.04. The maximum atomic E-state index is 5.96. The van der Waals surface area contributed by atoms with Gasteiger partial charge in [0.05, 0.1) is 12.2 Å². The predicted molar refractivity (Wildman–Crippen MR) is 74.2 cm³/mol. The summed E-state index contributed by atoms with van der Waals surface area (Å²) in [5, 5.41) is 3.70. The Hall–Kier alpha value is -0.340. The van der Waals surface area contributed by atoms with Gasteiger partial charge in [-0.25, -0.2) is 0 Å². The molecule has 1 heterocycles. The van der Waals surface area contributed by atoms with Crippen LogP contribution in [0.5, 0.6) is 0 Å². The van der Waals surface area contributed by atoms with Gasteiger partial charge >= 0.3 is 0 Å². The van der Waals surface area contributed by atoms with E-state index in [9.17, 15) is 0 Å². The van der Waals surface area contributed by atoms with Crippen LogP contribution >= 0.6 is 0 Å². The van der Waals surface area contributed by atoms with Gasteiger partial charge in [-0.2, -0.15) is 0 Å². The molecule has 17 heavy (non-hydrogen) atoms. The molecule has 0 aromatic carbocycles. The van der Waals surface area contributed by atoms with Crippen molar-refractivity contribution in [3.05, 3.63) is 12.7 Å². The molecule has 1 aliphatic rings. The van der Waals surface area contributed by atoms with Gasteiger partial charge in [0, 0.05) is 12.0 Å². The second-order valence-electron chi connectivity index (χ2n) is 5.41. The van der Waals surface area contributed by atoms with Crippen LogP contribution in [0.3, 0.4) is 0 Å².